The van der Waals surface area contributed by atoms with Crippen LogP contribution in [0, 0.1) is 6.92 Å². The number of amides is 2. The minimum atomic E-state index is -0.145. The minimum Gasteiger partial charge on any atom is -0.382 e. The summed E-state index contributed by atoms with van der Waals surface area (Å²) < 4.78 is 5.54. The van der Waals surface area contributed by atoms with Crippen LogP contribution >= 0.6 is 11.3 Å². The molecule has 0 bridgehead atoms. The standard InChI is InChI=1S/C34H36N2O3S/c1-3-39-22-7-20-35(34(38)29-16-14-27(15-17-29)26-8-5-4-6-9-26)24-32(37)36-21-18-31-30(19-23-40-31)33(36)28-12-10-25(2)11-13-28/h4-6,8-17,19,23,33H,3,7,18,20-22,24H2,1-2H3. The topological polar surface area (TPSA) is 49.9 Å². The van der Waals surface area contributed by atoms with Gasteiger partial charge in [0.05, 0.1) is 6.04 Å². The molecule has 206 valence electrons. The molecule has 40 heavy (non-hydrogen) atoms. The number of carbonyl (C=O) groups excluding carboxylic acids is 2. The molecule has 0 N–H and O–H groups in total. The fourth-order valence-electron chi connectivity index (χ4n) is 5.32. The van der Waals surface area contributed by atoms with Crippen molar-refractivity contribution in [2.45, 2.75) is 32.7 Å². The Morgan fingerprint density at radius 2 is 1.68 bits per heavy atom. The van der Waals surface area contributed by atoms with E-state index in [1.165, 1.54) is 16.0 Å². The van der Waals surface area contributed by atoms with E-state index in [1.54, 1.807) is 16.2 Å². The lowest BCUT2D eigenvalue weighted by Crippen LogP contribution is -2.47. The Kier molecular flexibility index (Phi) is 9.09. The summed E-state index contributed by atoms with van der Waals surface area (Å²) in [4.78, 5) is 32.7. The predicted octanol–water partition coefficient (Wildman–Crippen LogP) is 6.77. The summed E-state index contributed by atoms with van der Waals surface area (Å²) in [6, 6.07) is 28.2. The molecule has 4 aromatic rings. The van der Waals surface area contributed by atoms with Crippen molar-refractivity contribution in [1.29, 1.82) is 0 Å². The number of rotatable bonds is 10. The molecule has 1 aliphatic heterocycles. The zero-order valence-corrected chi connectivity index (χ0v) is 24.0. The van der Waals surface area contributed by atoms with E-state index in [2.05, 4.69) is 54.8 Å². The van der Waals surface area contributed by atoms with Crippen molar-refractivity contribution < 1.29 is 14.3 Å². The van der Waals surface area contributed by atoms with Crippen molar-refractivity contribution in [2.75, 3.05) is 32.8 Å². The molecule has 2 heterocycles. The van der Waals surface area contributed by atoms with Crippen LogP contribution in [0.15, 0.2) is 90.3 Å². The van der Waals surface area contributed by atoms with Crippen LogP contribution in [0.4, 0.5) is 0 Å². The monoisotopic (exact) mass is 552 g/mol. The van der Waals surface area contributed by atoms with Crippen LogP contribution in [0.25, 0.3) is 11.1 Å². The lowest BCUT2D eigenvalue weighted by atomic mass is 9.92. The van der Waals surface area contributed by atoms with Crippen LogP contribution in [0.5, 0.6) is 0 Å². The number of hydrogen-bond donors (Lipinski definition) is 0. The van der Waals surface area contributed by atoms with Crippen molar-refractivity contribution in [2.24, 2.45) is 0 Å². The molecule has 2 amide bonds. The fraction of sp³-hybridized carbons (Fsp3) is 0.294. The Labute approximate surface area is 241 Å². The van der Waals surface area contributed by atoms with Gasteiger partial charge in [-0.3, -0.25) is 9.59 Å². The maximum atomic E-state index is 14.0. The summed E-state index contributed by atoms with van der Waals surface area (Å²) in [7, 11) is 0. The molecule has 0 aliphatic carbocycles. The first-order chi connectivity index (χ1) is 19.5. The maximum absolute atomic E-state index is 14.0. The van der Waals surface area contributed by atoms with Gasteiger partial charge in [0.2, 0.25) is 5.91 Å². The second-order valence-electron chi connectivity index (χ2n) is 10.2. The van der Waals surface area contributed by atoms with Crippen molar-refractivity contribution >= 4 is 23.2 Å². The average molecular weight is 553 g/mol. The van der Waals surface area contributed by atoms with Gasteiger partial charge in [0.1, 0.15) is 6.54 Å². The third kappa shape index (κ3) is 6.35. The van der Waals surface area contributed by atoms with Gasteiger partial charge in [-0.25, -0.2) is 0 Å². The van der Waals surface area contributed by atoms with Gasteiger partial charge in [0.15, 0.2) is 0 Å². The number of hydrogen-bond acceptors (Lipinski definition) is 4. The van der Waals surface area contributed by atoms with Gasteiger partial charge in [0.25, 0.3) is 5.91 Å². The summed E-state index contributed by atoms with van der Waals surface area (Å²) in [6.07, 6.45) is 1.51. The molecule has 3 aromatic carbocycles. The second-order valence-corrected chi connectivity index (χ2v) is 11.2. The Morgan fingerprint density at radius 1 is 0.950 bits per heavy atom. The number of ether oxygens (including phenoxy) is 1. The van der Waals surface area contributed by atoms with E-state index in [4.69, 9.17) is 4.74 Å². The number of carbonyl (C=O) groups is 2. The zero-order chi connectivity index (χ0) is 27.9. The van der Waals surface area contributed by atoms with E-state index >= 15 is 0 Å². The highest BCUT2D eigenvalue weighted by molar-refractivity contribution is 7.10. The van der Waals surface area contributed by atoms with Crippen molar-refractivity contribution in [3.05, 3.63) is 117 Å². The summed E-state index contributed by atoms with van der Waals surface area (Å²) in [5.74, 6) is -0.169. The van der Waals surface area contributed by atoms with Crippen LogP contribution < -0.4 is 0 Å². The molecule has 0 fully saturated rings. The number of benzene rings is 3. The largest absolute Gasteiger partial charge is 0.382 e. The first-order valence-electron chi connectivity index (χ1n) is 14.0. The van der Waals surface area contributed by atoms with Gasteiger partial charge in [-0.2, -0.15) is 0 Å². The molecule has 5 rings (SSSR count). The van der Waals surface area contributed by atoms with Crippen LogP contribution in [0.3, 0.4) is 0 Å². The third-order valence-corrected chi connectivity index (χ3v) is 8.45. The van der Waals surface area contributed by atoms with E-state index in [1.807, 2.05) is 54.3 Å². The molecule has 1 aliphatic rings. The highest BCUT2D eigenvalue weighted by Crippen LogP contribution is 2.38. The molecule has 0 saturated heterocycles. The van der Waals surface area contributed by atoms with Crippen LogP contribution in [0.1, 0.15) is 51.3 Å². The molecule has 1 unspecified atom stereocenters. The second kappa shape index (κ2) is 13.1. The summed E-state index contributed by atoms with van der Waals surface area (Å²) in [6.45, 7) is 6.34. The average Bonchev–Trinajstić information content (AvgIpc) is 3.48. The SMILES string of the molecule is CCOCCCN(CC(=O)N1CCc2sccc2C1c1ccc(C)cc1)C(=O)c1ccc(-c2ccccc2)cc1. The van der Waals surface area contributed by atoms with E-state index in [0.717, 1.165) is 23.1 Å². The molecule has 0 spiro atoms. The van der Waals surface area contributed by atoms with Crippen molar-refractivity contribution in [3.8, 4) is 11.1 Å². The Balaban J connectivity index is 1.37. The number of aryl methyl sites for hydroxylation is 1. The molecule has 5 nitrogen and oxygen atoms in total. The summed E-state index contributed by atoms with van der Waals surface area (Å²) in [5.41, 5.74) is 6.22. The van der Waals surface area contributed by atoms with Gasteiger partial charge in [-0.05, 0) is 72.5 Å². The van der Waals surface area contributed by atoms with E-state index in [9.17, 15) is 9.59 Å². The highest BCUT2D eigenvalue weighted by atomic mass is 32.1. The van der Waals surface area contributed by atoms with Crippen molar-refractivity contribution in [3.63, 3.8) is 0 Å². The fourth-order valence-corrected chi connectivity index (χ4v) is 6.22. The number of nitrogens with zero attached hydrogens (tertiary/aromatic N) is 2. The lowest BCUT2D eigenvalue weighted by molar-refractivity contribution is -0.134. The summed E-state index contributed by atoms with van der Waals surface area (Å²) >= 11 is 1.76. The van der Waals surface area contributed by atoms with Crippen LogP contribution in [0.2, 0.25) is 0 Å². The number of fused-ring (bicyclic) bond motifs is 1. The molecule has 1 atom stereocenters. The number of thiophene rings is 1. The third-order valence-electron chi connectivity index (χ3n) is 7.45. The van der Waals surface area contributed by atoms with Gasteiger partial charge < -0.3 is 14.5 Å². The van der Waals surface area contributed by atoms with Gasteiger partial charge in [-0.1, -0.05) is 72.3 Å². The Morgan fingerprint density at radius 3 is 2.40 bits per heavy atom. The Bertz CT molecular complexity index is 1410. The smallest absolute Gasteiger partial charge is 0.254 e. The van der Waals surface area contributed by atoms with Gasteiger partial charge >= 0.3 is 0 Å². The first-order valence-corrected chi connectivity index (χ1v) is 14.9. The lowest BCUT2D eigenvalue weighted by Gasteiger charge is -2.37. The molecular weight excluding hydrogens is 516 g/mol. The zero-order valence-electron chi connectivity index (χ0n) is 23.2. The predicted molar refractivity (Wildman–Crippen MR) is 162 cm³/mol. The molecule has 0 saturated carbocycles. The van der Waals surface area contributed by atoms with Crippen molar-refractivity contribution in [1.82, 2.24) is 9.80 Å². The highest BCUT2D eigenvalue weighted by Gasteiger charge is 2.34. The quantitative estimate of drug-likeness (QED) is 0.204. The van der Waals surface area contributed by atoms with E-state index in [0.29, 0.717) is 38.3 Å². The van der Waals surface area contributed by atoms with Gasteiger partial charge in [-0.15, -0.1) is 11.3 Å². The molecular formula is C34H36N2O3S. The Hall–Kier alpha value is -3.74. The van der Waals surface area contributed by atoms with E-state index < -0.39 is 0 Å². The molecule has 0 radical (unpaired) electrons. The van der Waals surface area contributed by atoms with Crippen LogP contribution in [-0.4, -0.2) is 54.5 Å². The normalized spacial score (nSPS) is 14.6. The van der Waals surface area contributed by atoms with E-state index in [-0.39, 0.29) is 24.4 Å². The maximum Gasteiger partial charge on any atom is 0.254 e. The molecule has 1 aromatic heterocycles. The van der Waals surface area contributed by atoms with Gasteiger partial charge in [0, 0.05) is 36.7 Å². The minimum absolute atomic E-state index is 0.0342. The first kappa shape index (κ1) is 27.8. The summed E-state index contributed by atoms with van der Waals surface area (Å²) in [5, 5.41) is 2.11. The molecule has 6 heteroatoms. The van der Waals surface area contributed by atoms with Crippen LogP contribution in [-0.2, 0) is 16.0 Å².